The van der Waals surface area contributed by atoms with Crippen LogP contribution in [-0.2, 0) is 19.1 Å². The van der Waals surface area contributed by atoms with Gasteiger partial charge in [0.2, 0.25) is 0 Å². The molecule has 122 valence electrons. The normalized spacial score (nSPS) is 16.2. The second kappa shape index (κ2) is 5.99. The van der Waals surface area contributed by atoms with Crippen molar-refractivity contribution in [2.75, 3.05) is 12.4 Å². The molecule has 0 amide bonds. The first kappa shape index (κ1) is 16.3. The molecule has 0 radical (unpaired) electrons. The lowest BCUT2D eigenvalue weighted by atomic mass is 10.1. The number of aromatic carboxylic acids is 1. The van der Waals surface area contributed by atoms with Gasteiger partial charge in [-0.3, -0.25) is 0 Å². The van der Waals surface area contributed by atoms with Crippen LogP contribution < -0.4 is 10.1 Å². The van der Waals surface area contributed by atoms with Crippen molar-refractivity contribution in [3.63, 3.8) is 0 Å². The third-order valence-corrected chi connectivity index (χ3v) is 2.93. The summed E-state index contributed by atoms with van der Waals surface area (Å²) in [5.41, 5.74) is -0.0380. The molecule has 0 atom stereocenters. The first-order valence-corrected chi connectivity index (χ1v) is 6.58. The van der Waals surface area contributed by atoms with E-state index in [4.69, 9.17) is 19.3 Å². The molecule has 1 heterocycles. The molecule has 0 unspecified atom stereocenters. The average molecular weight is 321 g/mol. The molecule has 2 N–H and O–H groups in total. The van der Waals surface area contributed by atoms with E-state index >= 15 is 0 Å². The van der Waals surface area contributed by atoms with Gasteiger partial charge in [-0.25, -0.2) is 14.4 Å². The molecule has 1 saturated heterocycles. The van der Waals surface area contributed by atoms with Gasteiger partial charge < -0.3 is 24.6 Å². The van der Waals surface area contributed by atoms with Gasteiger partial charge in [0.25, 0.3) is 5.79 Å². The second-order valence-electron chi connectivity index (χ2n) is 5.10. The number of ether oxygens (including phenoxy) is 3. The first-order valence-electron chi connectivity index (χ1n) is 6.58. The third-order valence-electron chi connectivity index (χ3n) is 2.93. The molecule has 1 aromatic rings. The van der Waals surface area contributed by atoms with Gasteiger partial charge in [-0.05, 0) is 18.2 Å². The lowest BCUT2D eigenvalue weighted by molar-refractivity contribution is -0.222. The highest BCUT2D eigenvalue weighted by Crippen LogP contribution is 2.25. The van der Waals surface area contributed by atoms with E-state index < -0.39 is 23.7 Å². The summed E-state index contributed by atoms with van der Waals surface area (Å²) in [4.78, 5) is 34.7. The molecule has 1 aromatic carbocycles. The van der Waals surface area contributed by atoms with Gasteiger partial charge in [-0.15, -0.1) is 0 Å². The molecule has 0 aromatic heterocycles. The molecule has 0 spiro atoms. The standard InChI is InChI=1S/C15H15NO7/c1-15(2)22-13(19)10(14(20)23-15)7-16-8-4-5-11(21-3)9(6-8)12(17)18/h4-7,16H,1-3H3,(H,17,18). The highest BCUT2D eigenvalue weighted by molar-refractivity contribution is 6.15. The molecular weight excluding hydrogens is 306 g/mol. The lowest BCUT2D eigenvalue weighted by Gasteiger charge is -2.29. The molecular formula is C15H15NO7. The van der Waals surface area contributed by atoms with Crippen LogP contribution in [0.4, 0.5) is 5.69 Å². The maximum Gasteiger partial charge on any atom is 0.350 e. The van der Waals surface area contributed by atoms with Crippen molar-refractivity contribution >= 4 is 23.6 Å². The lowest BCUT2D eigenvalue weighted by Crippen LogP contribution is -2.42. The van der Waals surface area contributed by atoms with Gasteiger partial charge in [0, 0.05) is 25.7 Å². The Morgan fingerprint density at radius 2 is 1.87 bits per heavy atom. The van der Waals surface area contributed by atoms with E-state index in [0.717, 1.165) is 6.20 Å². The van der Waals surface area contributed by atoms with E-state index in [1.165, 1.54) is 39.2 Å². The Morgan fingerprint density at radius 1 is 1.26 bits per heavy atom. The van der Waals surface area contributed by atoms with Crippen LogP contribution in [0.1, 0.15) is 24.2 Å². The number of cyclic esters (lactones) is 2. The Balaban J connectivity index is 2.23. The van der Waals surface area contributed by atoms with Gasteiger partial charge in [0.1, 0.15) is 11.3 Å². The van der Waals surface area contributed by atoms with Crippen molar-refractivity contribution in [3.8, 4) is 5.75 Å². The number of nitrogens with one attached hydrogen (secondary N) is 1. The van der Waals surface area contributed by atoms with Crippen LogP contribution in [0.3, 0.4) is 0 Å². The largest absolute Gasteiger partial charge is 0.496 e. The Labute approximate surface area is 131 Å². The Hall–Kier alpha value is -3.03. The first-order chi connectivity index (χ1) is 10.7. The monoisotopic (exact) mass is 321 g/mol. The summed E-state index contributed by atoms with van der Waals surface area (Å²) in [6.07, 6.45) is 1.10. The number of rotatable bonds is 4. The number of esters is 2. The zero-order chi connectivity index (χ0) is 17.2. The molecule has 8 nitrogen and oxygen atoms in total. The SMILES string of the molecule is COc1ccc(NC=C2C(=O)OC(C)(C)OC2=O)cc1C(=O)O. The number of carbonyl (C=O) groups excluding carboxylic acids is 2. The van der Waals surface area contributed by atoms with Crippen LogP contribution in [0.2, 0.25) is 0 Å². The minimum Gasteiger partial charge on any atom is -0.496 e. The molecule has 0 aliphatic carbocycles. The molecule has 0 saturated carbocycles. The third kappa shape index (κ3) is 3.60. The maximum absolute atomic E-state index is 11.8. The summed E-state index contributed by atoms with van der Waals surface area (Å²) in [5.74, 6) is -3.95. The zero-order valence-corrected chi connectivity index (χ0v) is 12.7. The van der Waals surface area contributed by atoms with E-state index in [0.29, 0.717) is 5.69 Å². The van der Waals surface area contributed by atoms with Crippen LogP contribution in [-0.4, -0.2) is 35.9 Å². The number of methoxy groups -OCH3 is 1. The highest BCUT2D eigenvalue weighted by Gasteiger charge is 2.38. The van der Waals surface area contributed by atoms with Crippen LogP contribution in [0.25, 0.3) is 0 Å². The van der Waals surface area contributed by atoms with E-state index in [2.05, 4.69) is 5.32 Å². The minimum atomic E-state index is -1.32. The summed E-state index contributed by atoms with van der Waals surface area (Å²) < 4.78 is 14.8. The van der Waals surface area contributed by atoms with Crippen LogP contribution >= 0.6 is 0 Å². The minimum absolute atomic E-state index is 0.0640. The number of hydrogen-bond donors (Lipinski definition) is 2. The van der Waals surface area contributed by atoms with Crippen molar-refractivity contribution in [1.29, 1.82) is 0 Å². The van der Waals surface area contributed by atoms with Crippen molar-refractivity contribution in [3.05, 3.63) is 35.5 Å². The molecule has 2 rings (SSSR count). The van der Waals surface area contributed by atoms with Crippen LogP contribution in [0, 0.1) is 0 Å². The summed E-state index contributed by atoms with van der Waals surface area (Å²) >= 11 is 0. The second-order valence-corrected chi connectivity index (χ2v) is 5.10. The summed E-state index contributed by atoms with van der Waals surface area (Å²) in [5, 5.41) is 11.8. The fourth-order valence-electron chi connectivity index (χ4n) is 1.90. The molecule has 8 heteroatoms. The summed E-state index contributed by atoms with van der Waals surface area (Å²) in [6.45, 7) is 2.88. The molecule has 1 aliphatic rings. The number of hydrogen-bond acceptors (Lipinski definition) is 7. The number of carbonyl (C=O) groups is 3. The zero-order valence-electron chi connectivity index (χ0n) is 12.7. The fraction of sp³-hybridized carbons (Fsp3) is 0.267. The number of anilines is 1. The quantitative estimate of drug-likeness (QED) is 0.488. The number of benzene rings is 1. The van der Waals surface area contributed by atoms with Gasteiger partial charge in [-0.1, -0.05) is 0 Å². The van der Waals surface area contributed by atoms with Gasteiger partial charge in [0.05, 0.1) is 7.11 Å². The number of carboxylic acid groups (broad SMARTS) is 1. The van der Waals surface area contributed by atoms with E-state index in [-0.39, 0.29) is 16.9 Å². The Morgan fingerprint density at radius 3 is 2.39 bits per heavy atom. The van der Waals surface area contributed by atoms with Gasteiger partial charge >= 0.3 is 17.9 Å². The van der Waals surface area contributed by atoms with Crippen molar-refractivity contribution in [1.82, 2.24) is 0 Å². The van der Waals surface area contributed by atoms with E-state index in [1.807, 2.05) is 0 Å². The topological polar surface area (TPSA) is 111 Å². The van der Waals surface area contributed by atoms with Crippen LogP contribution in [0.5, 0.6) is 5.75 Å². The molecule has 1 aliphatic heterocycles. The predicted octanol–water partition coefficient (Wildman–Crippen LogP) is 1.53. The molecule has 23 heavy (non-hydrogen) atoms. The smallest absolute Gasteiger partial charge is 0.350 e. The Bertz CT molecular complexity index is 684. The van der Waals surface area contributed by atoms with E-state index in [9.17, 15) is 14.4 Å². The Kier molecular flexibility index (Phi) is 4.26. The van der Waals surface area contributed by atoms with Crippen molar-refractivity contribution < 1.29 is 33.7 Å². The molecule has 1 fully saturated rings. The fourth-order valence-corrected chi connectivity index (χ4v) is 1.90. The summed E-state index contributed by atoms with van der Waals surface area (Å²) in [6, 6.07) is 4.29. The predicted molar refractivity (Wildman–Crippen MR) is 77.9 cm³/mol. The highest BCUT2D eigenvalue weighted by atomic mass is 16.7. The number of carboxylic acids is 1. The van der Waals surface area contributed by atoms with Gasteiger partial charge in [-0.2, -0.15) is 0 Å². The maximum atomic E-state index is 11.8. The van der Waals surface area contributed by atoms with Crippen molar-refractivity contribution in [2.45, 2.75) is 19.6 Å². The van der Waals surface area contributed by atoms with E-state index in [1.54, 1.807) is 0 Å². The molecule has 0 bridgehead atoms. The van der Waals surface area contributed by atoms with Gasteiger partial charge in [0.15, 0.2) is 5.57 Å². The summed E-state index contributed by atoms with van der Waals surface area (Å²) in [7, 11) is 1.35. The van der Waals surface area contributed by atoms with Crippen LogP contribution in [0.15, 0.2) is 30.0 Å². The van der Waals surface area contributed by atoms with Crippen molar-refractivity contribution in [2.24, 2.45) is 0 Å². The average Bonchev–Trinajstić information content (AvgIpc) is 2.44.